The van der Waals surface area contributed by atoms with Gasteiger partial charge in [-0.1, -0.05) is 6.92 Å². The summed E-state index contributed by atoms with van der Waals surface area (Å²) in [6, 6.07) is 0. The lowest BCUT2D eigenvalue weighted by Gasteiger charge is -2.27. The van der Waals surface area contributed by atoms with Crippen molar-refractivity contribution in [1.82, 2.24) is 5.32 Å². The van der Waals surface area contributed by atoms with Crippen LogP contribution in [0.5, 0.6) is 0 Å². The molecular weight excluding hydrogens is 188 g/mol. The van der Waals surface area contributed by atoms with E-state index < -0.39 is 0 Å². The first-order chi connectivity index (χ1) is 7.26. The maximum atomic E-state index is 11.5. The van der Waals surface area contributed by atoms with E-state index in [2.05, 4.69) is 12.2 Å². The average Bonchev–Trinajstić information content (AvgIpc) is 2.27. The van der Waals surface area contributed by atoms with Crippen LogP contribution in [0, 0.1) is 11.8 Å². The van der Waals surface area contributed by atoms with Gasteiger partial charge in [-0.15, -0.1) is 0 Å². The van der Waals surface area contributed by atoms with Gasteiger partial charge in [0.2, 0.25) is 5.91 Å². The summed E-state index contributed by atoms with van der Waals surface area (Å²) in [4.78, 5) is 11.5. The van der Waals surface area contributed by atoms with Gasteiger partial charge in [0.25, 0.3) is 0 Å². The van der Waals surface area contributed by atoms with Crippen LogP contribution in [-0.4, -0.2) is 19.0 Å². The molecule has 1 fully saturated rings. The number of carbonyl (C=O) groups is 1. The number of hydrogen-bond acceptors (Lipinski definition) is 2. The molecule has 0 saturated heterocycles. The highest BCUT2D eigenvalue weighted by Gasteiger charge is 2.21. The van der Waals surface area contributed by atoms with Gasteiger partial charge in [-0.3, -0.25) is 4.79 Å². The fourth-order valence-corrected chi connectivity index (χ4v) is 2.27. The molecule has 0 spiro atoms. The first-order valence-corrected chi connectivity index (χ1v) is 6.23. The Morgan fingerprint density at radius 1 is 1.27 bits per heavy atom. The summed E-state index contributed by atoms with van der Waals surface area (Å²) in [5.41, 5.74) is 5.64. The summed E-state index contributed by atoms with van der Waals surface area (Å²) in [7, 11) is 0. The van der Waals surface area contributed by atoms with Crippen LogP contribution in [0.2, 0.25) is 0 Å². The first kappa shape index (κ1) is 12.5. The van der Waals surface area contributed by atoms with Crippen molar-refractivity contribution in [2.75, 3.05) is 13.1 Å². The zero-order valence-corrected chi connectivity index (χ0v) is 9.80. The third-order valence-corrected chi connectivity index (χ3v) is 3.35. The molecule has 0 unspecified atom stereocenters. The Kier molecular flexibility index (Phi) is 5.69. The van der Waals surface area contributed by atoms with E-state index in [-0.39, 0.29) is 5.91 Å². The van der Waals surface area contributed by atoms with Gasteiger partial charge in [-0.05, 0) is 50.5 Å². The molecule has 3 heteroatoms. The molecule has 3 nitrogen and oxygen atoms in total. The number of nitrogens with two attached hydrogens (primary N) is 1. The Labute approximate surface area is 92.8 Å². The van der Waals surface area contributed by atoms with Gasteiger partial charge in [0.15, 0.2) is 0 Å². The van der Waals surface area contributed by atoms with Crippen LogP contribution in [-0.2, 0) is 4.79 Å². The van der Waals surface area contributed by atoms with Crippen LogP contribution in [0.1, 0.15) is 45.4 Å². The molecule has 3 N–H and O–H groups in total. The normalized spacial score (nSPS) is 26.3. The van der Waals surface area contributed by atoms with E-state index in [1.165, 1.54) is 25.7 Å². The molecule has 0 aliphatic heterocycles. The third kappa shape index (κ3) is 4.65. The molecule has 0 heterocycles. The smallest absolute Gasteiger partial charge is 0.220 e. The summed E-state index contributed by atoms with van der Waals surface area (Å²) in [6.45, 7) is 3.71. The number of carbonyl (C=O) groups excluding carboxylic acids is 1. The number of amides is 1. The van der Waals surface area contributed by atoms with Gasteiger partial charge in [0.05, 0.1) is 0 Å². The van der Waals surface area contributed by atoms with Crippen molar-refractivity contribution in [1.29, 1.82) is 0 Å². The predicted octanol–water partition coefficient (Wildman–Crippen LogP) is 1.67. The number of nitrogens with one attached hydrogen (secondary N) is 1. The van der Waals surface area contributed by atoms with Crippen molar-refractivity contribution in [3.8, 4) is 0 Å². The van der Waals surface area contributed by atoms with Crippen LogP contribution in [0.4, 0.5) is 0 Å². The molecule has 0 aromatic carbocycles. The SMILES string of the molecule is CCCNC(=O)CC1CCC(CN)CC1. The number of rotatable bonds is 5. The molecule has 0 radical (unpaired) electrons. The second kappa shape index (κ2) is 6.83. The van der Waals surface area contributed by atoms with Gasteiger partial charge >= 0.3 is 0 Å². The summed E-state index contributed by atoms with van der Waals surface area (Å²) in [5, 5.41) is 2.94. The van der Waals surface area contributed by atoms with Crippen molar-refractivity contribution in [2.24, 2.45) is 17.6 Å². The Bertz CT molecular complexity index is 186. The molecule has 0 bridgehead atoms. The van der Waals surface area contributed by atoms with Crippen molar-refractivity contribution < 1.29 is 4.79 Å². The van der Waals surface area contributed by atoms with Crippen molar-refractivity contribution in [3.63, 3.8) is 0 Å². The predicted molar refractivity (Wildman–Crippen MR) is 62.4 cm³/mol. The fourth-order valence-electron chi connectivity index (χ4n) is 2.27. The topological polar surface area (TPSA) is 55.1 Å². The standard InChI is InChI=1S/C12H24N2O/c1-2-7-14-12(15)8-10-3-5-11(9-13)6-4-10/h10-11H,2-9,13H2,1H3,(H,14,15). The minimum Gasteiger partial charge on any atom is -0.356 e. The van der Waals surface area contributed by atoms with Gasteiger partial charge in [-0.2, -0.15) is 0 Å². The van der Waals surface area contributed by atoms with Crippen LogP contribution in [0.25, 0.3) is 0 Å². The monoisotopic (exact) mass is 212 g/mol. The largest absolute Gasteiger partial charge is 0.356 e. The molecule has 15 heavy (non-hydrogen) atoms. The highest BCUT2D eigenvalue weighted by molar-refractivity contribution is 5.76. The lowest BCUT2D eigenvalue weighted by Crippen LogP contribution is -2.28. The molecule has 0 atom stereocenters. The van der Waals surface area contributed by atoms with E-state index in [1.807, 2.05) is 0 Å². The van der Waals surface area contributed by atoms with E-state index in [4.69, 9.17) is 5.73 Å². The highest BCUT2D eigenvalue weighted by Crippen LogP contribution is 2.29. The van der Waals surface area contributed by atoms with Gasteiger partial charge in [-0.25, -0.2) is 0 Å². The second-order valence-electron chi connectivity index (χ2n) is 4.68. The van der Waals surface area contributed by atoms with Gasteiger partial charge in [0, 0.05) is 13.0 Å². The number of hydrogen-bond donors (Lipinski definition) is 2. The van der Waals surface area contributed by atoms with Gasteiger partial charge in [0.1, 0.15) is 0 Å². The van der Waals surface area contributed by atoms with Crippen molar-refractivity contribution >= 4 is 5.91 Å². The van der Waals surface area contributed by atoms with E-state index in [9.17, 15) is 4.79 Å². The van der Waals surface area contributed by atoms with Gasteiger partial charge < -0.3 is 11.1 Å². The van der Waals surface area contributed by atoms with Crippen LogP contribution in [0.15, 0.2) is 0 Å². The van der Waals surface area contributed by atoms with Crippen molar-refractivity contribution in [2.45, 2.75) is 45.4 Å². The fraction of sp³-hybridized carbons (Fsp3) is 0.917. The maximum absolute atomic E-state index is 11.5. The second-order valence-corrected chi connectivity index (χ2v) is 4.68. The molecule has 88 valence electrons. The third-order valence-electron chi connectivity index (χ3n) is 3.35. The van der Waals surface area contributed by atoms with Crippen LogP contribution in [0.3, 0.4) is 0 Å². The molecule has 0 aromatic rings. The van der Waals surface area contributed by atoms with E-state index in [0.717, 1.165) is 25.9 Å². The summed E-state index contributed by atoms with van der Waals surface area (Å²) < 4.78 is 0. The van der Waals surface area contributed by atoms with Crippen LogP contribution < -0.4 is 11.1 Å². The quantitative estimate of drug-likeness (QED) is 0.728. The minimum absolute atomic E-state index is 0.230. The lowest BCUT2D eigenvalue weighted by atomic mass is 9.80. The molecule has 1 aliphatic rings. The Balaban J connectivity index is 2.15. The minimum atomic E-state index is 0.230. The molecular formula is C12H24N2O. The Morgan fingerprint density at radius 2 is 1.87 bits per heavy atom. The van der Waals surface area contributed by atoms with Crippen LogP contribution >= 0.6 is 0 Å². The van der Waals surface area contributed by atoms with E-state index in [1.54, 1.807) is 0 Å². The van der Waals surface area contributed by atoms with E-state index in [0.29, 0.717) is 11.8 Å². The first-order valence-electron chi connectivity index (χ1n) is 6.23. The summed E-state index contributed by atoms with van der Waals surface area (Å²) in [5.74, 6) is 1.54. The van der Waals surface area contributed by atoms with Crippen molar-refractivity contribution in [3.05, 3.63) is 0 Å². The summed E-state index contributed by atoms with van der Waals surface area (Å²) in [6.07, 6.45) is 6.52. The maximum Gasteiger partial charge on any atom is 0.220 e. The van der Waals surface area contributed by atoms with E-state index >= 15 is 0 Å². The molecule has 1 aliphatic carbocycles. The lowest BCUT2D eigenvalue weighted by molar-refractivity contribution is -0.122. The molecule has 1 saturated carbocycles. The summed E-state index contributed by atoms with van der Waals surface area (Å²) >= 11 is 0. The molecule has 0 aromatic heterocycles. The highest BCUT2D eigenvalue weighted by atomic mass is 16.1. The Morgan fingerprint density at radius 3 is 2.40 bits per heavy atom. The zero-order valence-electron chi connectivity index (χ0n) is 9.80. The zero-order chi connectivity index (χ0) is 11.1. The Hall–Kier alpha value is -0.570. The molecule has 1 rings (SSSR count). The average molecular weight is 212 g/mol. The molecule has 1 amide bonds.